The van der Waals surface area contributed by atoms with Crippen LogP contribution in [0.5, 0.6) is 0 Å². The van der Waals surface area contributed by atoms with Gasteiger partial charge in [-0.2, -0.15) is 0 Å². The van der Waals surface area contributed by atoms with Crippen LogP contribution in [0.25, 0.3) is 11.5 Å². The number of hydrogen-bond donors (Lipinski definition) is 0. The number of ether oxygens (including phenoxy) is 1. The molecule has 1 aliphatic rings. The van der Waals surface area contributed by atoms with Gasteiger partial charge in [0.15, 0.2) is 6.10 Å². The maximum Gasteiger partial charge on any atom is 0.307 e. The molecule has 150 valence electrons. The van der Waals surface area contributed by atoms with Crippen LogP contribution in [0.3, 0.4) is 0 Å². The predicted molar refractivity (Wildman–Crippen MR) is 103 cm³/mol. The number of carbonyl (C=O) groups is 2. The Bertz CT molecular complexity index is 807. The van der Waals surface area contributed by atoms with Gasteiger partial charge in [0, 0.05) is 25.1 Å². The van der Waals surface area contributed by atoms with Crippen LogP contribution in [0.2, 0.25) is 0 Å². The van der Waals surface area contributed by atoms with E-state index in [1.807, 2.05) is 31.2 Å². The van der Waals surface area contributed by atoms with Crippen molar-refractivity contribution in [2.45, 2.75) is 52.6 Å². The van der Waals surface area contributed by atoms with Gasteiger partial charge in [0.2, 0.25) is 11.8 Å². The standard InChI is InChI=1S/C21H27N3O4/c1-14-4-6-17(7-5-14)20-23-22-18(28-20)8-9-19(25)27-16(3)21(26)24-12-10-15(2)11-13-24/h4-7,15-16H,8-13H2,1-3H3/t16-/m0/s1. The number of benzene rings is 1. The fourth-order valence-corrected chi connectivity index (χ4v) is 3.17. The minimum absolute atomic E-state index is 0.0875. The highest BCUT2D eigenvalue weighted by atomic mass is 16.5. The number of rotatable bonds is 6. The smallest absolute Gasteiger partial charge is 0.307 e. The molecule has 2 heterocycles. The molecule has 7 nitrogen and oxygen atoms in total. The van der Waals surface area contributed by atoms with Crippen molar-refractivity contribution in [2.24, 2.45) is 5.92 Å². The maximum absolute atomic E-state index is 12.4. The predicted octanol–water partition coefficient (Wildman–Crippen LogP) is 3.17. The number of likely N-dealkylation sites (tertiary alicyclic amines) is 1. The zero-order chi connectivity index (χ0) is 20.1. The lowest BCUT2D eigenvalue weighted by Gasteiger charge is -2.31. The Morgan fingerprint density at radius 2 is 1.89 bits per heavy atom. The van der Waals surface area contributed by atoms with Crippen molar-refractivity contribution in [3.8, 4) is 11.5 Å². The number of esters is 1. The second-order valence-corrected chi connectivity index (χ2v) is 7.51. The molecule has 0 N–H and O–H groups in total. The third-order valence-electron chi connectivity index (χ3n) is 5.06. The fraction of sp³-hybridized carbons (Fsp3) is 0.524. The Morgan fingerprint density at radius 3 is 2.57 bits per heavy atom. The molecule has 1 amide bonds. The molecule has 0 aliphatic carbocycles. The summed E-state index contributed by atoms with van der Waals surface area (Å²) in [6.07, 6.45) is 1.58. The van der Waals surface area contributed by atoms with Crippen molar-refractivity contribution in [1.29, 1.82) is 0 Å². The lowest BCUT2D eigenvalue weighted by atomic mass is 9.99. The average molecular weight is 385 g/mol. The van der Waals surface area contributed by atoms with Gasteiger partial charge in [-0.1, -0.05) is 24.6 Å². The van der Waals surface area contributed by atoms with E-state index in [0.717, 1.165) is 37.1 Å². The maximum atomic E-state index is 12.4. The molecule has 7 heteroatoms. The van der Waals surface area contributed by atoms with E-state index in [-0.39, 0.29) is 18.7 Å². The molecule has 28 heavy (non-hydrogen) atoms. The SMILES string of the molecule is Cc1ccc(-c2nnc(CCC(=O)O[C@@H](C)C(=O)N3CCC(C)CC3)o2)cc1. The fourth-order valence-electron chi connectivity index (χ4n) is 3.17. The quantitative estimate of drug-likeness (QED) is 0.710. The first kappa shape index (κ1) is 20.0. The number of nitrogens with zero attached hydrogens (tertiary/aromatic N) is 3. The first-order valence-electron chi connectivity index (χ1n) is 9.80. The van der Waals surface area contributed by atoms with Crippen LogP contribution >= 0.6 is 0 Å². The number of amides is 1. The largest absolute Gasteiger partial charge is 0.453 e. The van der Waals surface area contributed by atoms with Crippen LogP contribution in [0.1, 0.15) is 44.6 Å². The van der Waals surface area contributed by atoms with Crippen molar-refractivity contribution in [3.05, 3.63) is 35.7 Å². The molecule has 1 aromatic heterocycles. The molecular formula is C21H27N3O4. The molecule has 0 bridgehead atoms. The lowest BCUT2D eigenvalue weighted by molar-refractivity contribution is -0.159. The molecule has 1 aliphatic heterocycles. The van der Waals surface area contributed by atoms with Gasteiger partial charge in [-0.05, 0) is 44.7 Å². The molecule has 0 saturated carbocycles. The van der Waals surface area contributed by atoms with Gasteiger partial charge in [-0.25, -0.2) is 0 Å². The van der Waals surface area contributed by atoms with E-state index in [0.29, 0.717) is 17.7 Å². The number of carbonyl (C=O) groups excluding carboxylic acids is 2. The first-order chi connectivity index (χ1) is 13.4. The lowest BCUT2D eigenvalue weighted by Crippen LogP contribution is -2.44. The third-order valence-corrected chi connectivity index (χ3v) is 5.06. The van der Waals surface area contributed by atoms with Gasteiger partial charge in [0.25, 0.3) is 5.91 Å². The van der Waals surface area contributed by atoms with Gasteiger partial charge in [0.05, 0.1) is 6.42 Å². The van der Waals surface area contributed by atoms with E-state index in [1.165, 1.54) is 0 Å². The van der Waals surface area contributed by atoms with Crippen molar-refractivity contribution in [1.82, 2.24) is 15.1 Å². The van der Waals surface area contributed by atoms with E-state index < -0.39 is 12.1 Å². The first-order valence-corrected chi connectivity index (χ1v) is 9.80. The summed E-state index contributed by atoms with van der Waals surface area (Å²) >= 11 is 0. The molecular weight excluding hydrogens is 358 g/mol. The molecule has 0 unspecified atom stereocenters. The van der Waals surface area contributed by atoms with Gasteiger partial charge >= 0.3 is 5.97 Å². The zero-order valence-electron chi connectivity index (χ0n) is 16.7. The van der Waals surface area contributed by atoms with Crippen LogP contribution in [-0.2, 0) is 20.7 Å². The van der Waals surface area contributed by atoms with Crippen LogP contribution < -0.4 is 0 Å². The molecule has 0 radical (unpaired) electrons. The summed E-state index contributed by atoms with van der Waals surface area (Å²) in [4.78, 5) is 26.3. The van der Waals surface area contributed by atoms with Gasteiger partial charge < -0.3 is 14.1 Å². The van der Waals surface area contributed by atoms with Gasteiger partial charge in [-0.3, -0.25) is 9.59 Å². The molecule has 2 aromatic rings. The number of hydrogen-bond acceptors (Lipinski definition) is 6. The highest BCUT2D eigenvalue weighted by Crippen LogP contribution is 2.19. The minimum Gasteiger partial charge on any atom is -0.453 e. The molecule has 1 fully saturated rings. The molecule has 3 rings (SSSR count). The summed E-state index contributed by atoms with van der Waals surface area (Å²) in [6.45, 7) is 7.27. The van der Waals surface area contributed by atoms with E-state index in [9.17, 15) is 9.59 Å². The Kier molecular flexibility index (Phi) is 6.44. The summed E-state index contributed by atoms with van der Waals surface area (Å²) in [5.41, 5.74) is 1.98. The van der Waals surface area contributed by atoms with E-state index >= 15 is 0 Å². The second kappa shape index (κ2) is 8.99. The Labute approximate surface area is 165 Å². The second-order valence-electron chi connectivity index (χ2n) is 7.51. The van der Waals surface area contributed by atoms with E-state index in [4.69, 9.17) is 9.15 Å². The molecule has 1 aromatic carbocycles. The monoisotopic (exact) mass is 385 g/mol. The van der Waals surface area contributed by atoms with Crippen molar-refractivity contribution in [2.75, 3.05) is 13.1 Å². The highest BCUT2D eigenvalue weighted by molar-refractivity contribution is 5.83. The minimum atomic E-state index is -0.772. The molecule has 0 spiro atoms. The Morgan fingerprint density at radius 1 is 1.21 bits per heavy atom. The normalized spacial score (nSPS) is 16.0. The average Bonchev–Trinajstić information content (AvgIpc) is 3.16. The summed E-state index contributed by atoms with van der Waals surface area (Å²) in [5, 5.41) is 8.00. The number of aryl methyl sites for hydroxylation is 2. The summed E-state index contributed by atoms with van der Waals surface area (Å²) in [5.74, 6) is 0.866. The van der Waals surface area contributed by atoms with Crippen LogP contribution in [0, 0.1) is 12.8 Å². The zero-order valence-corrected chi connectivity index (χ0v) is 16.7. The Hall–Kier alpha value is -2.70. The van der Waals surface area contributed by atoms with Crippen molar-refractivity contribution >= 4 is 11.9 Å². The van der Waals surface area contributed by atoms with Crippen LogP contribution in [0.4, 0.5) is 0 Å². The number of aromatic nitrogens is 2. The molecule has 1 saturated heterocycles. The van der Waals surface area contributed by atoms with E-state index in [2.05, 4.69) is 17.1 Å². The van der Waals surface area contributed by atoms with Gasteiger partial charge in [0.1, 0.15) is 0 Å². The van der Waals surface area contributed by atoms with Gasteiger partial charge in [-0.15, -0.1) is 10.2 Å². The topological polar surface area (TPSA) is 85.5 Å². The van der Waals surface area contributed by atoms with Crippen LogP contribution in [0.15, 0.2) is 28.7 Å². The third kappa shape index (κ3) is 5.18. The van der Waals surface area contributed by atoms with Crippen molar-refractivity contribution in [3.63, 3.8) is 0 Å². The molecule has 1 atom stereocenters. The Balaban J connectivity index is 1.46. The van der Waals surface area contributed by atoms with Crippen LogP contribution in [-0.4, -0.2) is 46.2 Å². The summed E-state index contributed by atoms with van der Waals surface area (Å²) in [7, 11) is 0. The summed E-state index contributed by atoms with van der Waals surface area (Å²) in [6, 6.07) is 7.76. The van der Waals surface area contributed by atoms with Crippen molar-refractivity contribution < 1.29 is 18.7 Å². The van der Waals surface area contributed by atoms with E-state index in [1.54, 1.807) is 11.8 Å². The highest BCUT2D eigenvalue weighted by Gasteiger charge is 2.26. The summed E-state index contributed by atoms with van der Waals surface area (Å²) < 4.78 is 10.9. The number of piperidine rings is 1.